The second-order valence-corrected chi connectivity index (χ2v) is 9.24. The molecule has 1 aromatic rings. The van der Waals surface area contributed by atoms with Crippen molar-refractivity contribution in [3.05, 3.63) is 35.9 Å². The number of aliphatic carboxylic acids is 1. The Morgan fingerprint density at radius 3 is 2.24 bits per heavy atom. The van der Waals surface area contributed by atoms with E-state index < -0.39 is 36.0 Å². The van der Waals surface area contributed by atoms with Crippen molar-refractivity contribution in [1.29, 1.82) is 0 Å². The summed E-state index contributed by atoms with van der Waals surface area (Å²) in [6.45, 7) is 4.44. The number of hydrogen-bond acceptors (Lipinski definition) is 5. The van der Waals surface area contributed by atoms with Gasteiger partial charge in [0.05, 0.1) is 6.04 Å². The molecule has 4 atom stereocenters. The maximum Gasteiger partial charge on any atom is 0.326 e. The molecular formula is C24H34N4O5. The van der Waals surface area contributed by atoms with Crippen molar-refractivity contribution in [2.24, 2.45) is 11.7 Å². The Kier molecular flexibility index (Phi) is 8.07. The molecule has 2 aliphatic rings. The summed E-state index contributed by atoms with van der Waals surface area (Å²) in [6, 6.07) is 6.16. The second kappa shape index (κ2) is 10.8. The molecule has 0 saturated carbocycles. The van der Waals surface area contributed by atoms with Gasteiger partial charge in [-0.3, -0.25) is 14.4 Å². The van der Waals surface area contributed by atoms with E-state index in [1.165, 1.54) is 9.80 Å². The first kappa shape index (κ1) is 24.7. The summed E-state index contributed by atoms with van der Waals surface area (Å²) in [5.74, 6) is -2.19. The highest BCUT2D eigenvalue weighted by Crippen LogP contribution is 2.26. The third-order valence-corrected chi connectivity index (χ3v) is 6.56. The molecule has 0 radical (unpaired) electrons. The molecule has 3 amide bonds. The van der Waals surface area contributed by atoms with Gasteiger partial charge >= 0.3 is 5.97 Å². The van der Waals surface area contributed by atoms with Crippen LogP contribution in [0.2, 0.25) is 0 Å². The van der Waals surface area contributed by atoms with Crippen molar-refractivity contribution >= 4 is 23.7 Å². The van der Waals surface area contributed by atoms with Gasteiger partial charge in [0.1, 0.15) is 18.1 Å². The van der Waals surface area contributed by atoms with E-state index in [2.05, 4.69) is 5.32 Å². The number of carbonyl (C=O) groups is 4. The first-order valence-electron chi connectivity index (χ1n) is 11.6. The zero-order chi connectivity index (χ0) is 24.1. The molecule has 33 heavy (non-hydrogen) atoms. The molecule has 2 fully saturated rings. The monoisotopic (exact) mass is 458 g/mol. The maximum atomic E-state index is 13.6. The van der Waals surface area contributed by atoms with Crippen LogP contribution in [0.4, 0.5) is 0 Å². The smallest absolute Gasteiger partial charge is 0.326 e. The molecule has 180 valence electrons. The number of carboxylic acids is 1. The Morgan fingerprint density at radius 2 is 1.64 bits per heavy atom. The van der Waals surface area contributed by atoms with E-state index in [1.807, 2.05) is 44.2 Å². The van der Waals surface area contributed by atoms with Crippen LogP contribution in [0.3, 0.4) is 0 Å². The lowest BCUT2D eigenvalue weighted by atomic mass is 10.0. The van der Waals surface area contributed by atoms with E-state index in [0.717, 1.165) is 5.56 Å². The lowest BCUT2D eigenvalue weighted by Crippen LogP contribution is -2.57. The first-order valence-corrected chi connectivity index (χ1v) is 11.6. The van der Waals surface area contributed by atoms with Gasteiger partial charge in [0.15, 0.2) is 0 Å². The van der Waals surface area contributed by atoms with Crippen molar-refractivity contribution < 1.29 is 24.3 Å². The summed E-state index contributed by atoms with van der Waals surface area (Å²) in [7, 11) is 0. The van der Waals surface area contributed by atoms with Crippen molar-refractivity contribution in [2.45, 2.75) is 70.1 Å². The zero-order valence-corrected chi connectivity index (χ0v) is 19.3. The van der Waals surface area contributed by atoms with Crippen molar-refractivity contribution in [1.82, 2.24) is 15.1 Å². The fraction of sp³-hybridized carbons (Fsp3) is 0.583. The molecule has 1 aromatic carbocycles. The largest absolute Gasteiger partial charge is 0.480 e. The standard InChI is InChI=1S/C24H34N4O5/c1-15(2)20(25)21(29)26-17(14-16-8-4-3-5-9-16)22(30)27-12-6-10-18(27)23(31)28-13-7-11-19(28)24(32)33/h3-5,8-9,15,17-20H,6-7,10-14,25H2,1-2H3,(H,26,29)(H,32,33). The summed E-state index contributed by atoms with van der Waals surface area (Å²) in [5, 5.41) is 12.3. The third kappa shape index (κ3) is 5.71. The van der Waals surface area contributed by atoms with E-state index >= 15 is 0 Å². The average Bonchev–Trinajstić information content (AvgIpc) is 3.47. The number of nitrogens with one attached hydrogen (secondary N) is 1. The number of likely N-dealkylation sites (tertiary alicyclic amines) is 2. The van der Waals surface area contributed by atoms with Crippen LogP contribution in [0.1, 0.15) is 45.1 Å². The normalized spacial score (nSPS) is 22.3. The van der Waals surface area contributed by atoms with Crippen LogP contribution in [0.15, 0.2) is 30.3 Å². The summed E-state index contributed by atoms with van der Waals surface area (Å²) in [4.78, 5) is 54.0. The highest BCUT2D eigenvalue weighted by Gasteiger charge is 2.43. The van der Waals surface area contributed by atoms with Crippen LogP contribution < -0.4 is 11.1 Å². The van der Waals surface area contributed by atoms with Crippen LogP contribution >= 0.6 is 0 Å². The molecule has 4 unspecified atom stereocenters. The van der Waals surface area contributed by atoms with Crippen molar-refractivity contribution in [3.8, 4) is 0 Å². The van der Waals surface area contributed by atoms with Crippen LogP contribution in [0.5, 0.6) is 0 Å². The van der Waals surface area contributed by atoms with E-state index in [9.17, 15) is 24.3 Å². The Labute approximate surface area is 194 Å². The van der Waals surface area contributed by atoms with E-state index in [1.54, 1.807) is 0 Å². The molecule has 3 rings (SSSR count). The summed E-state index contributed by atoms with van der Waals surface area (Å²) < 4.78 is 0. The van der Waals surface area contributed by atoms with Crippen LogP contribution in [0.25, 0.3) is 0 Å². The van der Waals surface area contributed by atoms with Gasteiger partial charge in [0.25, 0.3) is 0 Å². The van der Waals surface area contributed by atoms with Gasteiger partial charge in [-0.15, -0.1) is 0 Å². The molecule has 2 saturated heterocycles. The minimum atomic E-state index is -1.02. The van der Waals surface area contributed by atoms with Gasteiger partial charge < -0.3 is 26.0 Å². The summed E-state index contributed by atoms with van der Waals surface area (Å²) >= 11 is 0. The van der Waals surface area contributed by atoms with E-state index in [-0.39, 0.29) is 24.2 Å². The summed E-state index contributed by atoms with van der Waals surface area (Å²) in [6.07, 6.45) is 2.44. The fourth-order valence-corrected chi connectivity index (χ4v) is 4.59. The van der Waals surface area contributed by atoms with E-state index in [4.69, 9.17) is 5.73 Å². The topological polar surface area (TPSA) is 133 Å². The predicted octanol–water partition coefficient (Wildman–Crippen LogP) is 0.764. The third-order valence-electron chi connectivity index (χ3n) is 6.56. The average molecular weight is 459 g/mol. The first-order chi connectivity index (χ1) is 15.7. The molecule has 4 N–H and O–H groups in total. The zero-order valence-electron chi connectivity index (χ0n) is 19.3. The number of rotatable bonds is 8. The highest BCUT2D eigenvalue weighted by molar-refractivity contribution is 5.95. The number of amides is 3. The fourth-order valence-electron chi connectivity index (χ4n) is 4.59. The molecule has 9 heteroatoms. The summed E-state index contributed by atoms with van der Waals surface area (Å²) in [5.41, 5.74) is 6.88. The number of carboxylic acid groups (broad SMARTS) is 1. The van der Waals surface area contributed by atoms with Gasteiger partial charge in [-0.25, -0.2) is 4.79 Å². The van der Waals surface area contributed by atoms with Gasteiger partial charge in [-0.1, -0.05) is 44.2 Å². The molecule has 9 nitrogen and oxygen atoms in total. The minimum Gasteiger partial charge on any atom is -0.480 e. The van der Waals surface area contributed by atoms with Gasteiger partial charge in [-0.2, -0.15) is 0 Å². The number of hydrogen-bond donors (Lipinski definition) is 3. The molecule has 2 heterocycles. The Bertz CT molecular complexity index is 875. The van der Waals surface area contributed by atoms with Crippen LogP contribution in [-0.4, -0.2) is 75.9 Å². The van der Waals surface area contributed by atoms with Crippen molar-refractivity contribution in [3.63, 3.8) is 0 Å². The molecule has 0 aromatic heterocycles. The molecule has 2 aliphatic heterocycles. The Morgan fingerprint density at radius 1 is 1.03 bits per heavy atom. The molecule has 0 spiro atoms. The quantitative estimate of drug-likeness (QED) is 0.527. The van der Waals surface area contributed by atoms with Crippen LogP contribution in [0, 0.1) is 5.92 Å². The Hall–Kier alpha value is -2.94. The molecule has 0 bridgehead atoms. The molecule has 0 aliphatic carbocycles. The number of benzene rings is 1. The lowest BCUT2D eigenvalue weighted by molar-refractivity contribution is -0.152. The number of nitrogens with zero attached hydrogens (tertiary/aromatic N) is 2. The number of carbonyl (C=O) groups excluding carboxylic acids is 3. The van der Waals surface area contributed by atoms with Crippen LogP contribution in [-0.2, 0) is 25.6 Å². The SMILES string of the molecule is CC(C)C(N)C(=O)NC(Cc1ccccc1)C(=O)N1CCCC1C(=O)N1CCCC1C(=O)O. The minimum absolute atomic E-state index is 0.0956. The number of nitrogens with two attached hydrogens (primary N) is 1. The highest BCUT2D eigenvalue weighted by atomic mass is 16.4. The second-order valence-electron chi connectivity index (χ2n) is 9.24. The molecular weight excluding hydrogens is 424 g/mol. The van der Waals surface area contributed by atoms with Gasteiger partial charge in [0.2, 0.25) is 17.7 Å². The Balaban J connectivity index is 1.80. The predicted molar refractivity (Wildman–Crippen MR) is 122 cm³/mol. The van der Waals surface area contributed by atoms with Gasteiger partial charge in [-0.05, 0) is 37.2 Å². The lowest BCUT2D eigenvalue weighted by Gasteiger charge is -2.32. The van der Waals surface area contributed by atoms with Crippen molar-refractivity contribution in [2.75, 3.05) is 13.1 Å². The maximum absolute atomic E-state index is 13.6. The van der Waals surface area contributed by atoms with Gasteiger partial charge in [0, 0.05) is 19.5 Å². The van der Waals surface area contributed by atoms with E-state index in [0.29, 0.717) is 38.8 Å².